The van der Waals surface area contributed by atoms with E-state index in [1.54, 1.807) is 0 Å². The van der Waals surface area contributed by atoms with Gasteiger partial charge in [0.2, 0.25) is 0 Å². The third kappa shape index (κ3) is 1.31. The molecule has 15 heavy (non-hydrogen) atoms. The summed E-state index contributed by atoms with van der Waals surface area (Å²) in [5, 5.41) is 5.83. The van der Waals surface area contributed by atoms with E-state index >= 15 is 0 Å². The summed E-state index contributed by atoms with van der Waals surface area (Å²) < 4.78 is 0. The maximum atomic E-state index is 3.54. The van der Waals surface area contributed by atoms with E-state index in [1.807, 2.05) is 0 Å². The molecule has 2 saturated heterocycles. The maximum absolute atomic E-state index is 3.54. The molecular weight excluding hydrogens is 186 g/mol. The van der Waals surface area contributed by atoms with Crippen molar-refractivity contribution in [1.82, 2.24) is 15.8 Å². The van der Waals surface area contributed by atoms with Crippen molar-refractivity contribution < 1.29 is 0 Å². The molecule has 3 heteroatoms. The zero-order valence-corrected chi connectivity index (χ0v) is 9.46. The molecule has 3 rings (SSSR count). The Morgan fingerprint density at radius 2 is 2.20 bits per heavy atom. The van der Waals surface area contributed by atoms with Crippen LogP contribution in [-0.4, -0.2) is 17.2 Å². The minimum Gasteiger partial charge on any atom is -0.294 e. The van der Waals surface area contributed by atoms with Crippen molar-refractivity contribution in [2.24, 2.45) is 0 Å². The number of nitrogens with zero attached hydrogens (tertiary/aromatic N) is 1. The quantitative estimate of drug-likeness (QED) is 0.678. The van der Waals surface area contributed by atoms with E-state index in [2.05, 4.69) is 54.7 Å². The number of hydrogen-bond donors (Lipinski definition) is 2. The van der Waals surface area contributed by atoms with E-state index in [1.165, 1.54) is 16.7 Å². The van der Waals surface area contributed by atoms with Crippen molar-refractivity contribution >= 4 is 0 Å². The van der Waals surface area contributed by atoms with Crippen LogP contribution in [0.15, 0.2) is 18.2 Å². The summed E-state index contributed by atoms with van der Waals surface area (Å²) in [5.74, 6) is 0. The van der Waals surface area contributed by atoms with Crippen molar-refractivity contribution in [2.45, 2.75) is 32.6 Å². The van der Waals surface area contributed by atoms with Crippen molar-refractivity contribution in [1.29, 1.82) is 0 Å². The Bertz CT molecular complexity index is 415. The Morgan fingerprint density at radius 3 is 2.73 bits per heavy atom. The van der Waals surface area contributed by atoms with Gasteiger partial charge in [-0.15, -0.1) is 0 Å². The highest BCUT2D eigenvalue weighted by Crippen LogP contribution is 2.39. The summed E-state index contributed by atoms with van der Waals surface area (Å²) in [6, 6.07) is 6.66. The molecule has 2 heterocycles. The molecule has 0 amide bonds. The van der Waals surface area contributed by atoms with Crippen LogP contribution in [0.2, 0.25) is 0 Å². The standard InChI is InChI=1S/C12H17N3/c1-8-4-5-10(9(2)6-8)11-13-7-12(3)14-15(11)12/h4-6,11,13-14H,7H2,1-3H3. The van der Waals surface area contributed by atoms with E-state index in [-0.39, 0.29) is 5.66 Å². The average Bonchev–Trinajstić information content (AvgIpc) is 2.73. The van der Waals surface area contributed by atoms with Gasteiger partial charge in [-0.3, -0.25) is 5.32 Å². The van der Waals surface area contributed by atoms with Crippen molar-refractivity contribution in [3.05, 3.63) is 34.9 Å². The predicted molar refractivity (Wildman–Crippen MR) is 60.0 cm³/mol. The molecule has 0 radical (unpaired) electrons. The van der Waals surface area contributed by atoms with Crippen molar-refractivity contribution in [2.75, 3.05) is 6.54 Å². The lowest BCUT2D eigenvalue weighted by Gasteiger charge is -2.16. The van der Waals surface area contributed by atoms with Crippen LogP contribution in [0.3, 0.4) is 0 Å². The fraction of sp³-hybridized carbons (Fsp3) is 0.500. The van der Waals surface area contributed by atoms with E-state index in [0.717, 1.165) is 6.54 Å². The molecule has 2 fully saturated rings. The molecule has 0 aliphatic carbocycles. The minimum absolute atomic E-state index is 0.196. The molecule has 2 aliphatic rings. The second-order valence-electron chi connectivity index (χ2n) is 4.90. The van der Waals surface area contributed by atoms with Crippen LogP contribution in [0.5, 0.6) is 0 Å². The van der Waals surface area contributed by atoms with Crippen LogP contribution in [0.4, 0.5) is 0 Å². The molecule has 3 unspecified atom stereocenters. The van der Waals surface area contributed by atoms with Gasteiger partial charge in [0.25, 0.3) is 0 Å². The number of rotatable bonds is 1. The predicted octanol–water partition coefficient (Wildman–Crippen LogP) is 1.44. The van der Waals surface area contributed by atoms with Gasteiger partial charge in [0.05, 0.1) is 0 Å². The first-order valence-electron chi connectivity index (χ1n) is 5.48. The van der Waals surface area contributed by atoms with Gasteiger partial charge in [-0.2, -0.15) is 5.01 Å². The van der Waals surface area contributed by atoms with Crippen LogP contribution in [-0.2, 0) is 0 Å². The molecule has 0 saturated carbocycles. The Hall–Kier alpha value is -0.900. The summed E-state index contributed by atoms with van der Waals surface area (Å²) in [4.78, 5) is 0. The average molecular weight is 203 g/mol. The van der Waals surface area contributed by atoms with Gasteiger partial charge in [-0.1, -0.05) is 23.8 Å². The second kappa shape index (κ2) is 2.82. The molecule has 0 aromatic heterocycles. The number of hydrogen-bond acceptors (Lipinski definition) is 3. The molecule has 3 nitrogen and oxygen atoms in total. The Balaban J connectivity index is 1.94. The fourth-order valence-corrected chi connectivity index (χ4v) is 2.48. The van der Waals surface area contributed by atoms with Gasteiger partial charge in [-0.05, 0) is 31.9 Å². The molecule has 3 atom stereocenters. The van der Waals surface area contributed by atoms with E-state index in [0.29, 0.717) is 6.17 Å². The van der Waals surface area contributed by atoms with Gasteiger partial charge < -0.3 is 0 Å². The summed E-state index contributed by atoms with van der Waals surface area (Å²) in [6.45, 7) is 7.57. The van der Waals surface area contributed by atoms with Gasteiger partial charge >= 0.3 is 0 Å². The third-order valence-electron chi connectivity index (χ3n) is 3.46. The fourth-order valence-electron chi connectivity index (χ4n) is 2.48. The lowest BCUT2D eigenvalue weighted by molar-refractivity contribution is 0.358. The summed E-state index contributed by atoms with van der Waals surface area (Å²) in [5.41, 5.74) is 7.68. The largest absolute Gasteiger partial charge is 0.294 e. The summed E-state index contributed by atoms with van der Waals surface area (Å²) in [6.07, 6.45) is 0.343. The van der Waals surface area contributed by atoms with Crippen molar-refractivity contribution in [3.8, 4) is 0 Å². The number of fused-ring (bicyclic) bond motifs is 1. The van der Waals surface area contributed by atoms with Crippen LogP contribution in [0, 0.1) is 13.8 Å². The molecular formula is C12H17N3. The van der Waals surface area contributed by atoms with E-state index < -0.39 is 0 Å². The van der Waals surface area contributed by atoms with E-state index in [9.17, 15) is 0 Å². The van der Waals surface area contributed by atoms with Crippen LogP contribution in [0.25, 0.3) is 0 Å². The highest BCUT2D eigenvalue weighted by molar-refractivity contribution is 5.34. The molecule has 1 aromatic rings. The second-order valence-corrected chi connectivity index (χ2v) is 4.90. The maximum Gasteiger partial charge on any atom is 0.109 e. The first-order valence-corrected chi connectivity index (χ1v) is 5.48. The zero-order chi connectivity index (χ0) is 10.6. The third-order valence-corrected chi connectivity index (χ3v) is 3.46. The first-order chi connectivity index (χ1) is 7.10. The summed E-state index contributed by atoms with van der Waals surface area (Å²) >= 11 is 0. The minimum atomic E-state index is 0.196. The van der Waals surface area contributed by atoms with Gasteiger partial charge in [-0.25, -0.2) is 5.43 Å². The Morgan fingerprint density at radius 1 is 1.40 bits per heavy atom. The molecule has 0 spiro atoms. The highest BCUT2D eigenvalue weighted by atomic mass is 15.8. The SMILES string of the molecule is Cc1ccc(C2NCC3(C)NN23)c(C)c1. The zero-order valence-electron chi connectivity index (χ0n) is 9.46. The smallest absolute Gasteiger partial charge is 0.109 e. The number of hydrazine groups is 1. The lowest BCUT2D eigenvalue weighted by atomic mass is 10.0. The molecule has 2 N–H and O–H groups in total. The van der Waals surface area contributed by atoms with Crippen LogP contribution in [0.1, 0.15) is 29.8 Å². The van der Waals surface area contributed by atoms with Crippen LogP contribution >= 0.6 is 0 Å². The van der Waals surface area contributed by atoms with Gasteiger partial charge in [0, 0.05) is 6.54 Å². The highest BCUT2D eigenvalue weighted by Gasteiger charge is 2.56. The molecule has 80 valence electrons. The molecule has 1 aromatic carbocycles. The normalized spacial score (nSPS) is 37.8. The molecule has 0 bridgehead atoms. The lowest BCUT2D eigenvalue weighted by Crippen LogP contribution is -2.28. The van der Waals surface area contributed by atoms with Gasteiger partial charge in [0.1, 0.15) is 11.8 Å². The van der Waals surface area contributed by atoms with Crippen LogP contribution < -0.4 is 10.7 Å². The Labute approximate surface area is 90.4 Å². The number of benzene rings is 1. The molecule has 2 aliphatic heterocycles. The van der Waals surface area contributed by atoms with E-state index in [4.69, 9.17) is 0 Å². The Kier molecular flexibility index (Phi) is 1.75. The van der Waals surface area contributed by atoms with Crippen molar-refractivity contribution in [3.63, 3.8) is 0 Å². The topological polar surface area (TPSA) is 37.0 Å². The monoisotopic (exact) mass is 203 g/mol. The number of aryl methyl sites for hydroxylation is 2. The summed E-state index contributed by atoms with van der Waals surface area (Å²) in [7, 11) is 0. The van der Waals surface area contributed by atoms with Gasteiger partial charge in [0.15, 0.2) is 0 Å². The first kappa shape index (κ1) is 9.33. The number of nitrogens with one attached hydrogen (secondary N) is 2.